The van der Waals surface area contributed by atoms with E-state index in [9.17, 15) is 19.2 Å². The Kier molecular flexibility index (Phi) is 9.27. The fourth-order valence-corrected chi connectivity index (χ4v) is 1.87. The standard InChI is InChI=1S/C13H24N4O5S/c1-6(2)10(12(20)16-8(5-23)13(21)22)17-11(19)7(3)15-9(18)4-14/h6-8,10,23H,4-5,14H2,1-3H3,(H,15,18)(H,16,20)(H,17,19)(H,21,22). The first kappa shape index (κ1) is 21.2. The average molecular weight is 348 g/mol. The van der Waals surface area contributed by atoms with Gasteiger partial charge in [-0.1, -0.05) is 13.8 Å². The second-order valence-corrected chi connectivity index (χ2v) is 5.67. The van der Waals surface area contributed by atoms with Gasteiger partial charge in [0.1, 0.15) is 18.1 Å². The molecule has 0 heterocycles. The van der Waals surface area contributed by atoms with Gasteiger partial charge in [0.2, 0.25) is 17.7 Å². The normalized spacial score (nSPS) is 14.5. The molecule has 0 aromatic heterocycles. The molecule has 0 bridgehead atoms. The summed E-state index contributed by atoms with van der Waals surface area (Å²) in [6.07, 6.45) is 0. The van der Waals surface area contributed by atoms with Crippen LogP contribution in [0.1, 0.15) is 20.8 Å². The van der Waals surface area contributed by atoms with Crippen LogP contribution in [0.2, 0.25) is 0 Å². The van der Waals surface area contributed by atoms with Gasteiger partial charge < -0.3 is 26.8 Å². The van der Waals surface area contributed by atoms with E-state index in [0.29, 0.717) is 0 Å². The minimum Gasteiger partial charge on any atom is -0.480 e. The lowest BCUT2D eigenvalue weighted by Crippen LogP contribution is -2.57. The highest BCUT2D eigenvalue weighted by Gasteiger charge is 2.29. The number of aliphatic carboxylic acids is 1. The molecular formula is C13H24N4O5S. The van der Waals surface area contributed by atoms with Gasteiger partial charge in [0, 0.05) is 5.75 Å². The number of rotatable bonds is 9. The van der Waals surface area contributed by atoms with Gasteiger partial charge in [-0.05, 0) is 12.8 Å². The van der Waals surface area contributed by atoms with Gasteiger partial charge in [-0.2, -0.15) is 12.6 Å². The molecule has 0 aliphatic carbocycles. The van der Waals surface area contributed by atoms with Crippen molar-refractivity contribution >= 4 is 36.3 Å². The van der Waals surface area contributed by atoms with Crippen LogP contribution in [0.25, 0.3) is 0 Å². The summed E-state index contributed by atoms with van der Waals surface area (Å²) in [7, 11) is 0. The summed E-state index contributed by atoms with van der Waals surface area (Å²) in [5.74, 6) is -3.29. The Morgan fingerprint density at radius 2 is 1.61 bits per heavy atom. The van der Waals surface area contributed by atoms with E-state index >= 15 is 0 Å². The molecule has 0 aromatic carbocycles. The summed E-state index contributed by atoms with van der Waals surface area (Å²) in [6, 6.07) is -2.97. The van der Waals surface area contributed by atoms with Crippen molar-refractivity contribution in [1.82, 2.24) is 16.0 Å². The third kappa shape index (κ3) is 7.33. The van der Waals surface area contributed by atoms with Crippen molar-refractivity contribution in [3.05, 3.63) is 0 Å². The number of hydrogen-bond donors (Lipinski definition) is 6. The first-order valence-electron chi connectivity index (χ1n) is 7.07. The fourth-order valence-electron chi connectivity index (χ4n) is 1.63. The van der Waals surface area contributed by atoms with E-state index in [1.54, 1.807) is 13.8 Å². The van der Waals surface area contributed by atoms with E-state index < -0.39 is 41.8 Å². The summed E-state index contributed by atoms with van der Waals surface area (Å²) in [4.78, 5) is 46.3. The summed E-state index contributed by atoms with van der Waals surface area (Å²) in [5.41, 5.74) is 5.15. The largest absolute Gasteiger partial charge is 0.480 e. The van der Waals surface area contributed by atoms with E-state index in [1.165, 1.54) is 6.92 Å². The highest BCUT2D eigenvalue weighted by Crippen LogP contribution is 2.04. The molecule has 0 saturated carbocycles. The number of nitrogens with one attached hydrogen (secondary N) is 3. The molecule has 0 saturated heterocycles. The van der Waals surface area contributed by atoms with Crippen LogP contribution in [0.5, 0.6) is 0 Å². The highest BCUT2D eigenvalue weighted by molar-refractivity contribution is 7.80. The smallest absolute Gasteiger partial charge is 0.327 e. The minimum atomic E-state index is -1.22. The SMILES string of the molecule is CC(NC(=O)CN)C(=O)NC(C(=O)NC(CS)C(=O)O)C(C)C. The second-order valence-electron chi connectivity index (χ2n) is 5.31. The van der Waals surface area contributed by atoms with Crippen molar-refractivity contribution < 1.29 is 24.3 Å². The number of carboxylic acids is 1. The van der Waals surface area contributed by atoms with E-state index in [4.69, 9.17) is 10.8 Å². The molecule has 10 heteroatoms. The third-order valence-electron chi connectivity index (χ3n) is 3.00. The Morgan fingerprint density at radius 1 is 1.04 bits per heavy atom. The lowest BCUT2D eigenvalue weighted by atomic mass is 10.0. The Labute approximate surface area is 140 Å². The predicted molar refractivity (Wildman–Crippen MR) is 86.8 cm³/mol. The van der Waals surface area contributed by atoms with Crippen LogP contribution in [0.15, 0.2) is 0 Å². The van der Waals surface area contributed by atoms with E-state index in [2.05, 4.69) is 28.6 Å². The molecule has 9 nitrogen and oxygen atoms in total. The highest BCUT2D eigenvalue weighted by atomic mass is 32.1. The summed E-state index contributed by atoms with van der Waals surface area (Å²) in [5, 5.41) is 16.1. The molecule has 0 aliphatic heterocycles. The lowest BCUT2D eigenvalue weighted by Gasteiger charge is -2.25. The van der Waals surface area contributed by atoms with Crippen LogP contribution < -0.4 is 21.7 Å². The molecule has 3 amide bonds. The van der Waals surface area contributed by atoms with Gasteiger partial charge in [0.05, 0.1) is 6.54 Å². The topological polar surface area (TPSA) is 151 Å². The molecule has 0 aromatic rings. The Balaban J connectivity index is 4.85. The van der Waals surface area contributed by atoms with Gasteiger partial charge in [-0.25, -0.2) is 4.79 Å². The minimum absolute atomic E-state index is 0.0806. The van der Waals surface area contributed by atoms with Gasteiger partial charge in [0.15, 0.2) is 0 Å². The zero-order valence-corrected chi connectivity index (χ0v) is 14.2. The molecule has 6 N–H and O–H groups in total. The van der Waals surface area contributed by atoms with Gasteiger partial charge in [-0.15, -0.1) is 0 Å². The molecule has 0 rings (SSSR count). The Morgan fingerprint density at radius 3 is 2.00 bits per heavy atom. The molecule has 0 aliphatic rings. The Hall–Kier alpha value is -1.81. The monoisotopic (exact) mass is 348 g/mol. The van der Waals surface area contributed by atoms with Crippen LogP contribution in [0, 0.1) is 5.92 Å². The zero-order valence-electron chi connectivity index (χ0n) is 13.3. The maximum atomic E-state index is 12.2. The summed E-state index contributed by atoms with van der Waals surface area (Å²) < 4.78 is 0. The van der Waals surface area contributed by atoms with Crippen molar-refractivity contribution in [3.8, 4) is 0 Å². The zero-order chi connectivity index (χ0) is 18.2. The Bertz CT molecular complexity index is 458. The molecule has 3 atom stereocenters. The summed E-state index contributed by atoms with van der Waals surface area (Å²) >= 11 is 3.86. The van der Waals surface area contributed by atoms with Crippen LogP contribution in [-0.4, -0.2) is 59.2 Å². The van der Waals surface area contributed by atoms with Crippen LogP contribution in [-0.2, 0) is 19.2 Å². The predicted octanol–water partition coefficient (Wildman–Crippen LogP) is -1.91. The van der Waals surface area contributed by atoms with E-state index in [1.807, 2.05) is 0 Å². The van der Waals surface area contributed by atoms with E-state index in [0.717, 1.165) is 0 Å². The second kappa shape index (κ2) is 10.1. The number of hydrogen-bond acceptors (Lipinski definition) is 6. The maximum Gasteiger partial charge on any atom is 0.327 e. The number of carbonyl (C=O) groups excluding carboxylic acids is 3. The lowest BCUT2D eigenvalue weighted by molar-refractivity contribution is -0.141. The summed E-state index contributed by atoms with van der Waals surface area (Å²) in [6.45, 7) is 4.59. The number of amides is 3. The quantitative estimate of drug-likeness (QED) is 0.268. The molecule has 0 spiro atoms. The van der Waals surface area contributed by atoms with Crippen molar-refractivity contribution in [1.29, 1.82) is 0 Å². The molecule has 0 radical (unpaired) electrons. The average Bonchev–Trinajstić information content (AvgIpc) is 2.48. The van der Waals surface area contributed by atoms with Crippen molar-refractivity contribution in [2.45, 2.75) is 38.9 Å². The van der Waals surface area contributed by atoms with Crippen LogP contribution in [0.4, 0.5) is 0 Å². The van der Waals surface area contributed by atoms with Crippen molar-refractivity contribution in [2.24, 2.45) is 11.7 Å². The molecule has 132 valence electrons. The van der Waals surface area contributed by atoms with Crippen molar-refractivity contribution in [3.63, 3.8) is 0 Å². The third-order valence-corrected chi connectivity index (χ3v) is 3.37. The number of nitrogens with two attached hydrogens (primary N) is 1. The van der Waals surface area contributed by atoms with E-state index in [-0.39, 0.29) is 18.2 Å². The first-order chi connectivity index (χ1) is 10.6. The first-order valence-corrected chi connectivity index (χ1v) is 7.71. The van der Waals surface area contributed by atoms with Crippen molar-refractivity contribution in [2.75, 3.05) is 12.3 Å². The molecular weight excluding hydrogens is 324 g/mol. The maximum absolute atomic E-state index is 12.2. The van der Waals surface area contributed by atoms with Crippen LogP contribution in [0.3, 0.4) is 0 Å². The molecule has 23 heavy (non-hydrogen) atoms. The van der Waals surface area contributed by atoms with Gasteiger partial charge in [0.25, 0.3) is 0 Å². The van der Waals surface area contributed by atoms with Gasteiger partial charge >= 0.3 is 5.97 Å². The number of thiol groups is 1. The fraction of sp³-hybridized carbons (Fsp3) is 0.692. The van der Waals surface area contributed by atoms with Crippen LogP contribution >= 0.6 is 12.6 Å². The number of carbonyl (C=O) groups is 4. The number of carboxylic acid groups (broad SMARTS) is 1. The van der Waals surface area contributed by atoms with Gasteiger partial charge in [-0.3, -0.25) is 14.4 Å². The molecule has 0 fully saturated rings. The molecule has 3 unspecified atom stereocenters.